The molecular formula is C26H32N2O4. The first-order valence-corrected chi connectivity index (χ1v) is 11.1. The van der Waals surface area contributed by atoms with Crippen LogP contribution in [0.1, 0.15) is 41.6 Å². The Morgan fingerprint density at radius 2 is 1.75 bits per heavy atom. The predicted molar refractivity (Wildman–Crippen MR) is 125 cm³/mol. The number of carbonyl (C=O) groups is 2. The largest absolute Gasteiger partial charge is 0.496 e. The number of ether oxygens (including phenoxy) is 2. The minimum absolute atomic E-state index is 0.137. The first kappa shape index (κ1) is 23.4. The zero-order valence-electron chi connectivity index (χ0n) is 18.6. The quantitative estimate of drug-likeness (QED) is 0.569. The van der Waals surface area contributed by atoms with Gasteiger partial charge in [0.15, 0.2) is 0 Å². The maximum absolute atomic E-state index is 12.9. The van der Waals surface area contributed by atoms with Gasteiger partial charge in [-0.05, 0) is 49.3 Å². The number of nitrogens with one attached hydrogen (secondary N) is 2. The van der Waals surface area contributed by atoms with Crippen molar-refractivity contribution in [3.8, 4) is 5.75 Å². The lowest BCUT2D eigenvalue weighted by Gasteiger charge is -2.41. The van der Waals surface area contributed by atoms with Crippen LogP contribution in [0.5, 0.6) is 5.75 Å². The topological polar surface area (TPSA) is 76.7 Å². The molecule has 3 rings (SSSR count). The Kier molecular flexibility index (Phi) is 8.31. The fourth-order valence-corrected chi connectivity index (χ4v) is 4.33. The van der Waals surface area contributed by atoms with Crippen LogP contribution in [0.2, 0.25) is 0 Å². The summed E-state index contributed by atoms with van der Waals surface area (Å²) >= 11 is 0. The van der Waals surface area contributed by atoms with Crippen LogP contribution in [0, 0.1) is 5.92 Å². The van der Waals surface area contributed by atoms with Crippen molar-refractivity contribution in [1.29, 1.82) is 0 Å². The fraction of sp³-hybridized carbons (Fsp3) is 0.385. The molecule has 0 saturated heterocycles. The molecule has 2 aromatic rings. The number of carbonyl (C=O) groups excluding carboxylic acids is 2. The fourth-order valence-electron chi connectivity index (χ4n) is 4.33. The highest BCUT2D eigenvalue weighted by Crippen LogP contribution is 2.41. The Labute approximate surface area is 190 Å². The van der Waals surface area contributed by atoms with Gasteiger partial charge in [0.2, 0.25) is 0 Å². The van der Waals surface area contributed by atoms with Crippen LogP contribution in [-0.2, 0) is 10.2 Å². The first-order valence-electron chi connectivity index (χ1n) is 11.1. The second-order valence-corrected chi connectivity index (χ2v) is 8.24. The first-order chi connectivity index (χ1) is 15.6. The Bertz CT molecular complexity index is 905. The summed E-state index contributed by atoms with van der Waals surface area (Å²) in [6.07, 6.45) is 4.88. The van der Waals surface area contributed by atoms with Crippen LogP contribution in [0.3, 0.4) is 0 Å². The molecule has 1 aliphatic carbocycles. The van der Waals surface area contributed by atoms with Gasteiger partial charge in [0.25, 0.3) is 5.91 Å². The standard InChI is InChI=1S/C26H32N2O4/c1-3-17-27-25(30)32-18-20-13-15-26(16-14-20,21-9-5-4-6-10-21)19-28-24(29)22-11-7-8-12-23(22)31-2/h3-12,20H,1,13-19H2,2H3,(H,27,30)(H,28,29). The van der Waals surface area contributed by atoms with Crippen molar-refractivity contribution in [3.05, 3.63) is 78.4 Å². The van der Waals surface area contributed by atoms with Gasteiger partial charge in [-0.25, -0.2) is 4.79 Å². The lowest BCUT2D eigenvalue weighted by Crippen LogP contribution is -2.44. The summed E-state index contributed by atoms with van der Waals surface area (Å²) in [5.41, 5.74) is 1.61. The van der Waals surface area contributed by atoms with Gasteiger partial charge >= 0.3 is 6.09 Å². The van der Waals surface area contributed by atoms with Gasteiger partial charge in [-0.15, -0.1) is 6.58 Å². The van der Waals surface area contributed by atoms with Crippen molar-refractivity contribution in [2.45, 2.75) is 31.1 Å². The molecule has 32 heavy (non-hydrogen) atoms. The van der Waals surface area contributed by atoms with E-state index >= 15 is 0 Å². The van der Waals surface area contributed by atoms with Crippen LogP contribution in [0.25, 0.3) is 0 Å². The summed E-state index contributed by atoms with van der Waals surface area (Å²) in [5, 5.41) is 5.78. The third kappa shape index (κ3) is 5.90. The number of benzene rings is 2. The molecule has 6 nitrogen and oxygen atoms in total. The van der Waals surface area contributed by atoms with Crippen molar-refractivity contribution < 1.29 is 19.1 Å². The number of hydrogen-bond acceptors (Lipinski definition) is 4. The van der Waals surface area contributed by atoms with Gasteiger partial charge in [-0.3, -0.25) is 4.79 Å². The summed E-state index contributed by atoms with van der Waals surface area (Å²) in [6.45, 7) is 4.92. The van der Waals surface area contributed by atoms with Gasteiger partial charge in [0.1, 0.15) is 5.75 Å². The van der Waals surface area contributed by atoms with E-state index in [0.717, 1.165) is 25.7 Å². The Balaban J connectivity index is 1.65. The highest BCUT2D eigenvalue weighted by Gasteiger charge is 2.37. The predicted octanol–water partition coefficient (Wildman–Crippen LogP) is 4.47. The zero-order chi connectivity index (χ0) is 22.8. The molecule has 2 N–H and O–H groups in total. The average molecular weight is 437 g/mol. The minimum Gasteiger partial charge on any atom is -0.496 e. The van der Waals surface area contributed by atoms with E-state index in [9.17, 15) is 9.59 Å². The van der Waals surface area contributed by atoms with Crippen molar-refractivity contribution in [3.63, 3.8) is 0 Å². The molecular weight excluding hydrogens is 404 g/mol. The van der Waals surface area contributed by atoms with E-state index in [1.54, 1.807) is 25.3 Å². The van der Waals surface area contributed by atoms with E-state index in [-0.39, 0.29) is 11.3 Å². The molecule has 0 aliphatic heterocycles. The van der Waals surface area contributed by atoms with E-state index in [4.69, 9.17) is 9.47 Å². The second kappa shape index (κ2) is 11.4. The molecule has 170 valence electrons. The van der Waals surface area contributed by atoms with Crippen LogP contribution in [0.15, 0.2) is 67.3 Å². The van der Waals surface area contributed by atoms with Crippen molar-refractivity contribution in [2.75, 3.05) is 26.8 Å². The number of hydrogen-bond donors (Lipinski definition) is 2. The summed E-state index contributed by atoms with van der Waals surface area (Å²) in [5.74, 6) is 0.739. The Morgan fingerprint density at radius 3 is 2.44 bits per heavy atom. The van der Waals surface area contributed by atoms with Crippen molar-refractivity contribution >= 4 is 12.0 Å². The van der Waals surface area contributed by atoms with Crippen molar-refractivity contribution in [2.24, 2.45) is 5.92 Å². The van der Waals surface area contributed by atoms with Gasteiger partial charge < -0.3 is 20.1 Å². The van der Waals surface area contributed by atoms with E-state index in [0.29, 0.717) is 36.9 Å². The second-order valence-electron chi connectivity index (χ2n) is 8.24. The molecule has 1 aliphatic rings. The molecule has 2 aromatic carbocycles. The Hall–Kier alpha value is -3.28. The molecule has 6 heteroatoms. The van der Waals surface area contributed by atoms with Crippen LogP contribution in [-0.4, -0.2) is 38.8 Å². The number of rotatable bonds is 9. The van der Waals surface area contributed by atoms with E-state index in [1.165, 1.54) is 5.56 Å². The van der Waals surface area contributed by atoms with Gasteiger partial charge in [-0.1, -0.05) is 48.5 Å². The molecule has 0 heterocycles. The summed E-state index contributed by atoms with van der Waals surface area (Å²) < 4.78 is 10.7. The monoisotopic (exact) mass is 436 g/mol. The summed E-state index contributed by atoms with van der Waals surface area (Å²) in [7, 11) is 1.57. The molecule has 0 unspecified atom stereocenters. The molecule has 0 radical (unpaired) electrons. The van der Waals surface area contributed by atoms with Crippen molar-refractivity contribution in [1.82, 2.24) is 10.6 Å². The number of amides is 2. The molecule has 1 fully saturated rings. The summed E-state index contributed by atoms with van der Waals surface area (Å²) in [4.78, 5) is 24.6. The molecule has 0 aromatic heterocycles. The third-order valence-electron chi connectivity index (χ3n) is 6.23. The number of para-hydroxylation sites is 1. The zero-order valence-corrected chi connectivity index (χ0v) is 18.6. The van der Waals surface area contributed by atoms with E-state index in [1.807, 2.05) is 30.3 Å². The highest BCUT2D eigenvalue weighted by atomic mass is 16.5. The van der Waals surface area contributed by atoms with E-state index in [2.05, 4.69) is 29.3 Å². The molecule has 0 spiro atoms. The average Bonchev–Trinajstić information content (AvgIpc) is 2.85. The Morgan fingerprint density at radius 1 is 1.06 bits per heavy atom. The van der Waals surface area contributed by atoms with Crippen LogP contribution >= 0.6 is 0 Å². The smallest absolute Gasteiger partial charge is 0.407 e. The number of alkyl carbamates (subject to hydrolysis) is 1. The maximum atomic E-state index is 12.9. The lowest BCUT2D eigenvalue weighted by molar-refractivity contribution is 0.0895. The van der Waals surface area contributed by atoms with Gasteiger partial charge in [0.05, 0.1) is 19.3 Å². The van der Waals surface area contributed by atoms with Gasteiger partial charge in [0, 0.05) is 18.5 Å². The van der Waals surface area contributed by atoms with Crippen LogP contribution in [0.4, 0.5) is 4.79 Å². The minimum atomic E-state index is -0.408. The van der Waals surface area contributed by atoms with E-state index < -0.39 is 6.09 Å². The normalized spacial score (nSPS) is 20.1. The lowest BCUT2D eigenvalue weighted by atomic mass is 9.66. The SMILES string of the molecule is C=CCNC(=O)OCC1CCC(CNC(=O)c2ccccc2OC)(c2ccccc2)CC1. The molecule has 0 atom stereocenters. The third-order valence-corrected chi connectivity index (χ3v) is 6.23. The highest BCUT2D eigenvalue weighted by molar-refractivity contribution is 5.96. The van der Waals surface area contributed by atoms with Crippen LogP contribution < -0.4 is 15.4 Å². The summed E-state index contributed by atoms with van der Waals surface area (Å²) in [6, 6.07) is 17.6. The van der Waals surface area contributed by atoms with Gasteiger partial charge in [-0.2, -0.15) is 0 Å². The molecule has 0 bridgehead atoms. The molecule has 1 saturated carbocycles. The maximum Gasteiger partial charge on any atom is 0.407 e. The number of methoxy groups -OCH3 is 1. The molecule has 2 amide bonds.